The van der Waals surface area contributed by atoms with Crippen LogP contribution in [0.25, 0.3) is 0 Å². The Balaban J connectivity index is 3.95. The molecule has 0 saturated carbocycles. The molecule has 0 aliphatic rings. The summed E-state index contributed by atoms with van der Waals surface area (Å²) in [6.07, 6.45) is 18.6. The molecule has 130 valence electrons. The van der Waals surface area contributed by atoms with Crippen molar-refractivity contribution in [3.05, 3.63) is 46.6 Å². The molecular weight excluding hydrogens is 280 g/mol. The highest BCUT2D eigenvalue weighted by atomic mass is 16.1. The number of carbonyl (C=O) groups is 1. The van der Waals surface area contributed by atoms with E-state index in [0.717, 1.165) is 44.8 Å². The summed E-state index contributed by atoms with van der Waals surface area (Å²) in [7, 11) is 0. The average Bonchev–Trinajstić information content (AvgIpc) is 2.47. The molecule has 0 heterocycles. The summed E-state index contributed by atoms with van der Waals surface area (Å²) in [5.41, 5.74) is 5.79. The van der Waals surface area contributed by atoms with Crippen molar-refractivity contribution in [3.8, 4) is 0 Å². The third kappa shape index (κ3) is 15.3. The molecule has 0 saturated heterocycles. The fraction of sp³-hybridized carbons (Fsp3) is 0.591. The van der Waals surface area contributed by atoms with Crippen molar-refractivity contribution >= 4 is 6.29 Å². The molecule has 0 aromatic carbocycles. The quantitative estimate of drug-likeness (QED) is 0.213. The Bertz CT molecular complexity index is 443. The number of hydrogen-bond donors (Lipinski definition) is 0. The molecule has 0 aromatic rings. The van der Waals surface area contributed by atoms with Gasteiger partial charge in [0, 0.05) is 6.42 Å². The zero-order chi connectivity index (χ0) is 17.5. The molecule has 0 aliphatic carbocycles. The lowest BCUT2D eigenvalue weighted by molar-refractivity contribution is -0.107. The third-order valence-electron chi connectivity index (χ3n) is 3.93. The van der Waals surface area contributed by atoms with Crippen LogP contribution in [-0.4, -0.2) is 6.29 Å². The van der Waals surface area contributed by atoms with Crippen molar-refractivity contribution in [3.63, 3.8) is 0 Å². The lowest BCUT2D eigenvalue weighted by atomic mass is 10.0. The Kier molecular flexibility index (Phi) is 13.4. The maximum absolute atomic E-state index is 10.3. The second kappa shape index (κ2) is 14.2. The fourth-order valence-electron chi connectivity index (χ4n) is 2.38. The Morgan fingerprint density at radius 3 is 1.35 bits per heavy atom. The van der Waals surface area contributed by atoms with Crippen LogP contribution >= 0.6 is 0 Å². The van der Waals surface area contributed by atoms with E-state index in [9.17, 15) is 4.79 Å². The van der Waals surface area contributed by atoms with Gasteiger partial charge >= 0.3 is 0 Å². The van der Waals surface area contributed by atoms with Gasteiger partial charge < -0.3 is 4.79 Å². The Morgan fingerprint density at radius 2 is 0.957 bits per heavy atom. The van der Waals surface area contributed by atoms with Crippen molar-refractivity contribution in [2.75, 3.05) is 0 Å². The van der Waals surface area contributed by atoms with Crippen LogP contribution in [0.3, 0.4) is 0 Å². The Hall–Kier alpha value is -1.37. The maximum atomic E-state index is 10.3. The number of carbonyl (C=O) groups excluding carboxylic acids is 1. The maximum Gasteiger partial charge on any atom is 0.120 e. The van der Waals surface area contributed by atoms with Crippen LogP contribution in [0, 0.1) is 0 Å². The topological polar surface area (TPSA) is 17.1 Å². The monoisotopic (exact) mass is 316 g/mol. The molecule has 0 fully saturated rings. The molecule has 23 heavy (non-hydrogen) atoms. The lowest BCUT2D eigenvalue weighted by Gasteiger charge is -2.02. The Labute approximate surface area is 144 Å². The van der Waals surface area contributed by atoms with E-state index in [1.165, 1.54) is 28.7 Å². The van der Waals surface area contributed by atoms with Crippen molar-refractivity contribution in [2.45, 2.75) is 86.0 Å². The van der Waals surface area contributed by atoms with E-state index in [1.807, 2.05) is 0 Å². The molecule has 0 amide bonds. The summed E-state index contributed by atoms with van der Waals surface area (Å²) in [4.78, 5) is 10.3. The molecule has 0 atom stereocenters. The largest absolute Gasteiger partial charge is 0.303 e. The molecule has 1 nitrogen and oxygen atoms in total. The number of unbranched alkanes of at least 4 members (excludes halogenated alkanes) is 1. The van der Waals surface area contributed by atoms with E-state index in [4.69, 9.17) is 0 Å². The molecular formula is C22H36O. The highest BCUT2D eigenvalue weighted by Gasteiger charge is 1.93. The number of allylic oxidation sites excluding steroid dienone is 8. The van der Waals surface area contributed by atoms with Gasteiger partial charge in [-0.25, -0.2) is 0 Å². The number of hydrogen-bond acceptors (Lipinski definition) is 1. The van der Waals surface area contributed by atoms with E-state index < -0.39 is 0 Å². The van der Waals surface area contributed by atoms with E-state index in [1.54, 1.807) is 0 Å². The van der Waals surface area contributed by atoms with Gasteiger partial charge in [-0.15, -0.1) is 0 Å². The normalized spacial score (nSPS) is 13.2. The minimum absolute atomic E-state index is 0.644. The zero-order valence-corrected chi connectivity index (χ0v) is 16.0. The van der Waals surface area contributed by atoms with Gasteiger partial charge in [0.25, 0.3) is 0 Å². The van der Waals surface area contributed by atoms with E-state index in [-0.39, 0.29) is 0 Å². The van der Waals surface area contributed by atoms with Crippen LogP contribution in [0.15, 0.2) is 46.6 Å². The third-order valence-corrected chi connectivity index (χ3v) is 3.93. The van der Waals surface area contributed by atoms with Gasteiger partial charge in [0.2, 0.25) is 0 Å². The molecule has 0 bridgehead atoms. The van der Waals surface area contributed by atoms with Crippen LogP contribution < -0.4 is 0 Å². The zero-order valence-electron chi connectivity index (χ0n) is 16.0. The summed E-state index contributed by atoms with van der Waals surface area (Å²) in [5, 5.41) is 0. The first-order valence-electron chi connectivity index (χ1n) is 8.99. The van der Waals surface area contributed by atoms with Crippen molar-refractivity contribution in [1.29, 1.82) is 0 Å². The second-order valence-electron chi connectivity index (χ2n) is 6.79. The van der Waals surface area contributed by atoms with E-state index >= 15 is 0 Å². The molecule has 0 aromatic heterocycles. The average molecular weight is 317 g/mol. The van der Waals surface area contributed by atoms with Crippen LogP contribution in [0.5, 0.6) is 0 Å². The molecule has 1 heteroatoms. The first-order valence-corrected chi connectivity index (χ1v) is 8.99. The van der Waals surface area contributed by atoms with Gasteiger partial charge in [-0.2, -0.15) is 0 Å². The fourth-order valence-corrected chi connectivity index (χ4v) is 2.38. The van der Waals surface area contributed by atoms with Crippen molar-refractivity contribution in [2.24, 2.45) is 0 Å². The summed E-state index contributed by atoms with van der Waals surface area (Å²) in [6.45, 7) is 11.0. The van der Waals surface area contributed by atoms with Gasteiger partial charge in [0.15, 0.2) is 0 Å². The summed E-state index contributed by atoms with van der Waals surface area (Å²) < 4.78 is 0. The van der Waals surface area contributed by atoms with Gasteiger partial charge in [-0.1, -0.05) is 46.6 Å². The highest BCUT2D eigenvalue weighted by molar-refractivity contribution is 5.49. The standard InChI is InChI=1S/C22H36O/c1-19(2)11-8-13-21(4)15-10-17-22(5)16-9-14-20(3)12-6-7-18-23/h11-12,15-16,18H,6-10,13-14,17H2,1-5H3/b20-12+,21-15+,22-16+. The van der Waals surface area contributed by atoms with Crippen LogP contribution in [0.1, 0.15) is 86.0 Å². The minimum atomic E-state index is 0.644. The predicted octanol–water partition coefficient (Wildman–Crippen LogP) is 7.11. The summed E-state index contributed by atoms with van der Waals surface area (Å²) in [5.74, 6) is 0. The van der Waals surface area contributed by atoms with Crippen LogP contribution in [0.4, 0.5) is 0 Å². The van der Waals surface area contributed by atoms with Gasteiger partial charge in [-0.05, 0) is 79.6 Å². The molecule has 0 spiro atoms. The first-order chi connectivity index (χ1) is 11.0. The van der Waals surface area contributed by atoms with E-state index in [0.29, 0.717) is 6.42 Å². The highest BCUT2D eigenvalue weighted by Crippen LogP contribution is 2.13. The van der Waals surface area contributed by atoms with Crippen LogP contribution in [-0.2, 0) is 4.79 Å². The van der Waals surface area contributed by atoms with Crippen LogP contribution in [0.2, 0.25) is 0 Å². The smallest absolute Gasteiger partial charge is 0.120 e. The molecule has 0 N–H and O–H groups in total. The molecule has 0 aliphatic heterocycles. The van der Waals surface area contributed by atoms with Crippen molar-refractivity contribution < 1.29 is 4.79 Å². The first kappa shape index (κ1) is 21.6. The number of aldehydes is 1. The van der Waals surface area contributed by atoms with Gasteiger partial charge in [-0.3, -0.25) is 0 Å². The summed E-state index contributed by atoms with van der Waals surface area (Å²) >= 11 is 0. The summed E-state index contributed by atoms with van der Waals surface area (Å²) in [6, 6.07) is 0. The SMILES string of the molecule is CC(C)=CCC/C(C)=C/CC/C(C)=C/CC/C(C)=C/CCC=O. The second-order valence-corrected chi connectivity index (χ2v) is 6.79. The molecule has 0 unspecified atom stereocenters. The lowest BCUT2D eigenvalue weighted by Crippen LogP contribution is -1.82. The van der Waals surface area contributed by atoms with E-state index in [2.05, 4.69) is 58.9 Å². The van der Waals surface area contributed by atoms with Gasteiger partial charge in [0.1, 0.15) is 6.29 Å². The van der Waals surface area contributed by atoms with Gasteiger partial charge in [0.05, 0.1) is 0 Å². The Morgan fingerprint density at radius 1 is 0.565 bits per heavy atom. The molecule has 0 radical (unpaired) electrons. The van der Waals surface area contributed by atoms with Crippen molar-refractivity contribution in [1.82, 2.24) is 0 Å². The number of rotatable bonds is 12. The molecule has 0 rings (SSSR count). The minimum Gasteiger partial charge on any atom is -0.303 e. The predicted molar refractivity (Wildman–Crippen MR) is 104 cm³/mol.